The molecule has 0 bridgehead atoms. The molecule has 0 atom stereocenters. The highest BCUT2D eigenvalue weighted by Gasteiger charge is 2.29. The number of aryl methyl sites for hydroxylation is 1. The largest absolute Gasteiger partial charge is 0.461 e. The number of hydrogen-bond donors (Lipinski definition) is 2. The van der Waals surface area contributed by atoms with Gasteiger partial charge in [-0.2, -0.15) is 10.1 Å². The Morgan fingerprint density at radius 1 is 1.21 bits per heavy atom. The highest BCUT2D eigenvalue weighted by molar-refractivity contribution is 5.87. The van der Waals surface area contributed by atoms with E-state index in [1.54, 1.807) is 16.6 Å². The number of aromatic nitrogens is 3. The summed E-state index contributed by atoms with van der Waals surface area (Å²) >= 11 is 0. The predicted octanol–water partition coefficient (Wildman–Crippen LogP) is 4.04. The van der Waals surface area contributed by atoms with E-state index in [1.807, 2.05) is 51.1 Å². The maximum absolute atomic E-state index is 12.4. The summed E-state index contributed by atoms with van der Waals surface area (Å²) in [6, 6.07) is 9.45. The molecule has 3 amide bonds. The predicted molar refractivity (Wildman–Crippen MR) is 128 cm³/mol. The summed E-state index contributed by atoms with van der Waals surface area (Å²) in [5.41, 5.74) is 0.328. The molecule has 1 saturated heterocycles. The van der Waals surface area contributed by atoms with E-state index < -0.39 is 5.60 Å². The number of para-hydroxylation sites is 1. The molecule has 10 heteroatoms. The number of likely N-dealkylation sites (tertiary alicyclic amines) is 1. The number of ether oxygens (including phenoxy) is 1. The van der Waals surface area contributed by atoms with E-state index in [0.29, 0.717) is 37.8 Å². The molecule has 3 heterocycles. The topological polar surface area (TPSA) is 115 Å². The van der Waals surface area contributed by atoms with Crippen molar-refractivity contribution in [2.24, 2.45) is 7.05 Å². The van der Waals surface area contributed by atoms with E-state index in [-0.39, 0.29) is 18.0 Å². The molecule has 0 unspecified atom stereocenters. The van der Waals surface area contributed by atoms with Crippen LogP contribution in [0, 0.1) is 0 Å². The van der Waals surface area contributed by atoms with E-state index in [0.717, 1.165) is 29.6 Å². The number of carbonyl (C=O) groups is 2. The summed E-state index contributed by atoms with van der Waals surface area (Å²) in [4.78, 5) is 30.9. The second kappa shape index (κ2) is 9.74. The Bertz CT molecular complexity index is 1120. The summed E-state index contributed by atoms with van der Waals surface area (Å²) in [5.74, 6) is 1.99. The second-order valence-corrected chi connectivity index (χ2v) is 9.54. The van der Waals surface area contributed by atoms with Gasteiger partial charge in [-0.1, -0.05) is 18.2 Å². The lowest BCUT2D eigenvalue weighted by molar-refractivity contribution is 0.0203. The number of hydrogen-bond acceptors (Lipinski definition) is 6. The fourth-order valence-corrected chi connectivity index (χ4v) is 3.94. The Labute approximate surface area is 198 Å². The number of fused-ring (bicyclic) bond motifs is 1. The van der Waals surface area contributed by atoms with Crippen molar-refractivity contribution in [2.75, 3.05) is 25.0 Å². The number of furan rings is 1. The molecule has 10 nitrogen and oxygen atoms in total. The average Bonchev–Trinajstić information content (AvgIpc) is 3.35. The molecule has 34 heavy (non-hydrogen) atoms. The van der Waals surface area contributed by atoms with Gasteiger partial charge in [-0.05, 0) is 45.7 Å². The number of anilines is 1. The van der Waals surface area contributed by atoms with Gasteiger partial charge < -0.3 is 19.4 Å². The van der Waals surface area contributed by atoms with Crippen LogP contribution in [0.2, 0.25) is 0 Å². The van der Waals surface area contributed by atoms with Crippen LogP contribution in [0.25, 0.3) is 11.0 Å². The Morgan fingerprint density at radius 3 is 2.65 bits per heavy atom. The third kappa shape index (κ3) is 5.86. The Morgan fingerprint density at radius 2 is 1.94 bits per heavy atom. The number of rotatable bonds is 5. The van der Waals surface area contributed by atoms with Gasteiger partial charge in [-0.15, -0.1) is 0 Å². The molecule has 182 valence electrons. The minimum Gasteiger partial charge on any atom is -0.461 e. The van der Waals surface area contributed by atoms with Crippen molar-refractivity contribution in [1.29, 1.82) is 0 Å². The van der Waals surface area contributed by atoms with E-state index in [1.165, 1.54) is 0 Å². The van der Waals surface area contributed by atoms with Crippen LogP contribution < -0.4 is 10.6 Å². The fourth-order valence-electron chi connectivity index (χ4n) is 3.94. The number of urea groups is 1. The van der Waals surface area contributed by atoms with Crippen LogP contribution in [-0.2, 0) is 18.2 Å². The molecule has 4 rings (SSSR count). The summed E-state index contributed by atoms with van der Waals surface area (Å²) in [7, 11) is 1.75. The first-order valence-electron chi connectivity index (χ1n) is 11.6. The smallest absolute Gasteiger partial charge is 0.410 e. The van der Waals surface area contributed by atoms with Crippen molar-refractivity contribution in [2.45, 2.75) is 51.6 Å². The molecule has 1 fully saturated rings. The van der Waals surface area contributed by atoms with Crippen LogP contribution in [0.5, 0.6) is 0 Å². The average molecular weight is 469 g/mol. The minimum atomic E-state index is -0.510. The van der Waals surface area contributed by atoms with Crippen LogP contribution in [0.15, 0.2) is 34.7 Å². The number of piperidine rings is 1. The van der Waals surface area contributed by atoms with E-state index in [2.05, 4.69) is 20.7 Å². The van der Waals surface area contributed by atoms with E-state index in [4.69, 9.17) is 9.15 Å². The zero-order valence-electron chi connectivity index (χ0n) is 20.1. The maximum atomic E-state index is 12.4. The molecule has 0 aliphatic carbocycles. The lowest BCUT2D eigenvalue weighted by atomic mass is 9.96. The number of amides is 3. The Hall–Kier alpha value is -3.56. The van der Waals surface area contributed by atoms with Crippen molar-refractivity contribution in [1.82, 2.24) is 25.0 Å². The minimum absolute atomic E-state index is 0.122. The van der Waals surface area contributed by atoms with Crippen molar-refractivity contribution in [3.63, 3.8) is 0 Å². The first kappa shape index (κ1) is 23.6. The molecule has 1 aromatic carbocycles. The van der Waals surface area contributed by atoms with Gasteiger partial charge in [-0.25, -0.2) is 14.3 Å². The maximum Gasteiger partial charge on any atom is 0.410 e. The number of benzene rings is 1. The molecule has 2 N–H and O–H groups in total. The summed E-state index contributed by atoms with van der Waals surface area (Å²) in [5, 5.41) is 11.1. The molecule has 3 aromatic rings. The summed E-state index contributed by atoms with van der Waals surface area (Å²) in [6.45, 7) is 7.18. The van der Waals surface area contributed by atoms with Crippen molar-refractivity contribution < 1.29 is 18.7 Å². The summed E-state index contributed by atoms with van der Waals surface area (Å²) < 4.78 is 12.8. The lowest BCUT2D eigenvalue weighted by Gasteiger charge is -2.32. The van der Waals surface area contributed by atoms with Gasteiger partial charge in [0, 0.05) is 44.4 Å². The zero-order chi connectivity index (χ0) is 24.3. The van der Waals surface area contributed by atoms with Crippen molar-refractivity contribution >= 4 is 29.0 Å². The van der Waals surface area contributed by atoms with Gasteiger partial charge in [0.1, 0.15) is 16.9 Å². The lowest BCUT2D eigenvalue weighted by Crippen LogP contribution is -2.41. The number of carbonyl (C=O) groups excluding carboxylic acids is 2. The quantitative estimate of drug-likeness (QED) is 0.584. The van der Waals surface area contributed by atoms with Crippen LogP contribution in [0.3, 0.4) is 0 Å². The Balaban J connectivity index is 1.25. The molecule has 0 radical (unpaired) electrons. The summed E-state index contributed by atoms with van der Waals surface area (Å²) in [6.07, 6.45) is 1.78. The van der Waals surface area contributed by atoms with Crippen molar-refractivity contribution in [3.8, 4) is 0 Å². The second-order valence-electron chi connectivity index (χ2n) is 9.54. The number of nitrogens with one attached hydrogen (secondary N) is 2. The van der Waals surface area contributed by atoms with Gasteiger partial charge in [0.2, 0.25) is 5.95 Å². The van der Waals surface area contributed by atoms with Crippen LogP contribution in [0.1, 0.15) is 51.1 Å². The van der Waals surface area contributed by atoms with Gasteiger partial charge in [0.15, 0.2) is 5.82 Å². The van der Waals surface area contributed by atoms with Gasteiger partial charge in [-0.3, -0.25) is 5.32 Å². The monoisotopic (exact) mass is 468 g/mol. The fraction of sp³-hybridized carbons (Fsp3) is 0.500. The normalized spacial score (nSPS) is 14.9. The highest BCUT2D eigenvalue weighted by atomic mass is 16.6. The molecular weight excluding hydrogens is 436 g/mol. The first-order chi connectivity index (χ1) is 16.2. The Kier molecular flexibility index (Phi) is 6.76. The third-order valence-electron chi connectivity index (χ3n) is 5.65. The van der Waals surface area contributed by atoms with Gasteiger partial charge in [0.25, 0.3) is 0 Å². The van der Waals surface area contributed by atoms with Crippen molar-refractivity contribution in [3.05, 3.63) is 41.9 Å². The third-order valence-corrected chi connectivity index (χ3v) is 5.65. The SMILES string of the molecule is Cn1nc(C2CCN(C(=O)OC(C)(C)C)CC2)nc1NC(=O)NCCc1cc2ccccc2o1. The standard InChI is InChI=1S/C24H32N6O4/c1-24(2,3)34-23(32)30-13-10-16(11-14-30)20-26-21(29(4)28-20)27-22(31)25-12-9-18-15-17-7-5-6-8-19(17)33-18/h5-8,15-16H,9-14H2,1-4H3,(H2,25,26,27,28,31). The molecule has 2 aromatic heterocycles. The molecular formula is C24H32N6O4. The van der Waals surface area contributed by atoms with Crippen LogP contribution in [-0.4, -0.2) is 57.0 Å². The van der Waals surface area contributed by atoms with Gasteiger partial charge in [0.05, 0.1) is 0 Å². The molecule has 0 saturated carbocycles. The molecule has 1 aliphatic rings. The molecule has 1 aliphatic heterocycles. The van der Waals surface area contributed by atoms with Gasteiger partial charge >= 0.3 is 12.1 Å². The van der Waals surface area contributed by atoms with E-state index in [9.17, 15) is 9.59 Å². The number of nitrogens with zero attached hydrogens (tertiary/aromatic N) is 4. The first-order valence-corrected chi connectivity index (χ1v) is 11.6. The van der Waals surface area contributed by atoms with Crippen LogP contribution in [0.4, 0.5) is 15.5 Å². The highest BCUT2D eigenvalue weighted by Crippen LogP contribution is 2.27. The van der Waals surface area contributed by atoms with E-state index >= 15 is 0 Å². The van der Waals surface area contributed by atoms with Crippen LogP contribution >= 0.6 is 0 Å². The molecule has 0 spiro atoms. The zero-order valence-corrected chi connectivity index (χ0v) is 20.1.